The first kappa shape index (κ1) is 23.7. The Morgan fingerprint density at radius 1 is 1.00 bits per heavy atom. The molecule has 2 aromatic heterocycles. The second kappa shape index (κ2) is 9.91. The molecule has 0 N–H and O–H groups in total. The van der Waals surface area contributed by atoms with Gasteiger partial charge in [0.05, 0.1) is 29.8 Å². The van der Waals surface area contributed by atoms with Gasteiger partial charge in [-0.05, 0) is 38.8 Å². The van der Waals surface area contributed by atoms with Crippen molar-refractivity contribution in [2.75, 3.05) is 33.3 Å². The molecule has 0 radical (unpaired) electrons. The molecule has 2 fully saturated rings. The van der Waals surface area contributed by atoms with Crippen molar-refractivity contribution in [1.82, 2.24) is 19.8 Å². The van der Waals surface area contributed by atoms with Crippen molar-refractivity contribution >= 4 is 34.1 Å². The number of rotatable bonds is 4. The van der Waals surface area contributed by atoms with Crippen LogP contribution in [0, 0.1) is 0 Å². The number of hydrogen-bond donors (Lipinski definition) is 0. The summed E-state index contributed by atoms with van der Waals surface area (Å²) < 4.78 is 11.2. The molecule has 184 valence electrons. The molecule has 0 spiro atoms. The highest BCUT2D eigenvalue weighted by molar-refractivity contribution is 7.09. The first-order valence-corrected chi connectivity index (χ1v) is 12.9. The molecular weight excluding hydrogens is 464 g/mol. The van der Waals surface area contributed by atoms with Gasteiger partial charge >= 0.3 is 0 Å². The van der Waals surface area contributed by atoms with Crippen LogP contribution in [0.4, 0.5) is 0 Å². The van der Waals surface area contributed by atoms with E-state index < -0.39 is 0 Å². The largest absolute Gasteiger partial charge is 0.496 e. The summed E-state index contributed by atoms with van der Waals surface area (Å²) in [5, 5.41) is 3.73. The predicted molar refractivity (Wildman–Crippen MR) is 134 cm³/mol. The molecule has 2 unspecified atom stereocenters. The normalized spacial score (nSPS) is 21.3. The molecule has 0 aliphatic carbocycles. The number of morpholine rings is 1. The summed E-state index contributed by atoms with van der Waals surface area (Å²) in [6.45, 7) is 6.40. The van der Waals surface area contributed by atoms with Gasteiger partial charge < -0.3 is 19.3 Å². The Balaban J connectivity index is 1.23. The van der Waals surface area contributed by atoms with Crippen molar-refractivity contribution < 1.29 is 19.1 Å². The van der Waals surface area contributed by atoms with Gasteiger partial charge in [0.1, 0.15) is 17.1 Å². The van der Waals surface area contributed by atoms with E-state index in [1.54, 1.807) is 24.5 Å². The van der Waals surface area contributed by atoms with Crippen LogP contribution in [0.3, 0.4) is 0 Å². The van der Waals surface area contributed by atoms with Gasteiger partial charge in [0.15, 0.2) is 0 Å². The van der Waals surface area contributed by atoms with Crippen LogP contribution in [0.25, 0.3) is 10.9 Å². The molecule has 2 amide bonds. The SMILES string of the molecule is COc1cc(C(=O)N2CCC(c3nc(C(=O)N4CC(C)OC(C)C4)cs3)CC2)nc2ccccc12. The zero-order valence-electron chi connectivity index (χ0n) is 20.3. The number of ether oxygens (including phenoxy) is 2. The molecule has 1 aromatic carbocycles. The summed E-state index contributed by atoms with van der Waals surface area (Å²) in [4.78, 5) is 39.2. The Labute approximate surface area is 208 Å². The summed E-state index contributed by atoms with van der Waals surface area (Å²) in [6.07, 6.45) is 1.67. The van der Waals surface area contributed by atoms with Gasteiger partial charge in [0.2, 0.25) is 0 Å². The summed E-state index contributed by atoms with van der Waals surface area (Å²) in [5.41, 5.74) is 1.65. The lowest BCUT2D eigenvalue weighted by Crippen LogP contribution is -2.48. The first-order valence-electron chi connectivity index (χ1n) is 12.1. The topological polar surface area (TPSA) is 84.9 Å². The number of amides is 2. The van der Waals surface area contributed by atoms with Gasteiger partial charge in [-0.3, -0.25) is 9.59 Å². The number of aromatic nitrogens is 2. The van der Waals surface area contributed by atoms with Crippen LogP contribution >= 0.6 is 11.3 Å². The van der Waals surface area contributed by atoms with E-state index in [-0.39, 0.29) is 29.9 Å². The maximum atomic E-state index is 13.2. The maximum absolute atomic E-state index is 13.2. The van der Waals surface area contributed by atoms with E-state index in [4.69, 9.17) is 14.5 Å². The summed E-state index contributed by atoms with van der Waals surface area (Å²) in [6, 6.07) is 9.39. The lowest BCUT2D eigenvalue weighted by atomic mass is 9.97. The van der Waals surface area contributed by atoms with Gasteiger partial charge in [-0.15, -0.1) is 11.3 Å². The van der Waals surface area contributed by atoms with E-state index in [2.05, 4.69) is 4.98 Å². The molecule has 0 bridgehead atoms. The van der Waals surface area contributed by atoms with Crippen LogP contribution in [0.1, 0.15) is 58.6 Å². The van der Waals surface area contributed by atoms with E-state index in [0.29, 0.717) is 43.3 Å². The highest BCUT2D eigenvalue weighted by Crippen LogP contribution is 2.32. The Hall–Kier alpha value is -3.04. The van der Waals surface area contributed by atoms with Gasteiger partial charge in [-0.25, -0.2) is 9.97 Å². The van der Waals surface area contributed by atoms with Crippen molar-refractivity contribution in [2.45, 2.75) is 44.8 Å². The van der Waals surface area contributed by atoms with E-state index in [9.17, 15) is 9.59 Å². The number of thiazole rings is 1. The molecule has 2 aliphatic heterocycles. The van der Waals surface area contributed by atoms with Crippen LogP contribution in [0.2, 0.25) is 0 Å². The van der Waals surface area contributed by atoms with Crippen molar-refractivity contribution in [3.05, 3.63) is 52.1 Å². The molecule has 2 saturated heterocycles. The van der Waals surface area contributed by atoms with Gasteiger partial charge in [-0.1, -0.05) is 12.1 Å². The molecule has 8 nitrogen and oxygen atoms in total. The van der Waals surface area contributed by atoms with Crippen LogP contribution < -0.4 is 4.74 Å². The molecule has 2 aliphatic rings. The third kappa shape index (κ3) is 4.88. The number of para-hydroxylation sites is 1. The van der Waals surface area contributed by atoms with E-state index in [1.807, 2.05) is 53.3 Å². The minimum absolute atomic E-state index is 0.0275. The second-order valence-corrected chi connectivity index (χ2v) is 10.2. The fraction of sp³-hybridized carbons (Fsp3) is 0.462. The summed E-state index contributed by atoms with van der Waals surface area (Å²) in [5.74, 6) is 0.779. The van der Waals surface area contributed by atoms with Gasteiger partial charge in [-0.2, -0.15) is 0 Å². The third-order valence-corrected chi connectivity index (χ3v) is 7.70. The number of methoxy groups -OCH3 is 1. The quantitative estimate of drug-likeness (QED) is 0.546. The van der Waals surface area contributed by atoms with Crippen molar-refractivity contribution in [1.29, 1.82) is 0 Å². The van der Waals surface area contributed by atoms with Crippen LogP contribution in [0.5, 0.6) is 5.75 Å². The van der Waals surface area contributed by atoms with E-state index >= 15 is 0 Å². The Morgan fingerprint density at radius 3 is 2.40 bits per heavy atom. The standard InChI is InChI=1S/C26H30N4O4S/c1-16-13-30(14-17(2)34-16)26(32)22-15-35-24(28-22)18-8-10-29(11-9-18)25(31)21-12-23(33-3)19-6-4-5-7-20(19)27-21/h4-7,12,15-18H,8-11,13-14H2,1-3H3. The van der Waals surface area contributed by atoms with E-state index in [0.717, 1.165) is 28.8 Å². The first-order chi connectivity index (χ1) is 16.9. The number of hydrogen-bond acceptors (Lipinski definition) is 7. The average molecular weight is 495 g/mol. The molecule has 0 saturated carbocycles. The smallest absolute Gasteiger partial charge is 0.273 e. The third-order valence-electron chi connectivity index (χ3n) is 6.70. The molecule has 9 heteroatoms. The Morgan fingerprint density at radius 2 is 1.69 bits per heavy atom. The molecular formula is C26H30N4O4S. The number of fused-ring (bicyclic) bond motifs is 1. The minimum atomic E-state index is -0.0851. The fourth-order valence-corrected chi connectivity index (χ4v) is 5.96. The molecule has 35 heavy (non-hydrogen) atoms. The molecule has 3 aromatic rings. The molecule has 4 heterocycles. The second-order valence-electron chi connectivity index (χ2n) is 9.33. The Kier molecular flexibility index (Phi) is 6.71. The summed E-state index contributed by atoms with van der Waals surface area (Å²) >= 11 is 1.54. The Bertz CT molecular complexity index is 1230. The fourth-order valence-electron chi connectivity index (χ4n) is 4.99. The number of carbonyl (C=O) groups excluding carboxylic acids is 2. The van der Waals surface area contributed by atoms with Crippen LogP contribution in [-0.4, -0.2) is 77.1 Å². The van der Waals surface area contributed by atoms with Crippen molar-refractivity contribution in [3.8, 4) is 5.75 Å². The lowest BCUT2D eigenvalue weighted by Gasteiger charge is -2.35. The highest BCUT2D eigenvalue weighted by Gasteiger charge is 2.30. The molecule has 5 rings (SSSR count). The maximum Gasteiger partial charge on any atom is 0.273 e. The zero-order chi connectivity index (χ0) is 24.5. The van der Waals surface area contributed by atoms with Crippen LogP contribution in [0.15, 0.2) is 35.7 Å². The lowest BCUT2D eigenvalue weighted by molar-refractivity contribution is -0.0587. The summed E-state index contributed by atoms with van der Waals surface area (Å²) in [7, 11) is 1.61. The number of carbonyl (C=O) groups is 2. The number of benzene rings is 1. The van der Waals surface area contributed by atoms with E-state index in [1.165, 1.54) is 0 Å². The monoisotopic (exact) mass is 494 g/mol. The van der Waals surface area contributed by atoms with Crippen molar-refractivity contribution in [3.63, 3.8) is 0 Å². The van der Waals surface area contributed by atoms with Gasteiger partial charge in [0, 0.05) is 48.9 Å². The predicted octanol–water partition coefficient (Wildman–Crippen LogP) is 3.97. The van der Waals surface area contributed by atoms with Crippen LogP contribution in [-0.2, 0) is 4.74 Å². The number of likely N-dealkylation sites (tertiary alicyclic amines) is 1. The average Bonchev–Trinajstić information content (AvgIpc) is 3.37. The number of nitrogens with zero attached hydrogens (tertiary/aromatic N) is 4. The number of pyridine rings is 1. The van der Waals surface area contributed by atoms with Crippen molar-refractivity contribution in [2.24, 2.45) is 0 Å². The zero-order valence-corrected chi connectivity index (χ0v) is 21.1. The minimum Gasteiger partial charge on any atom is -0.496 e. The highest BCUT2D eigenvalue weighted by atomic mass is 32.1. The van der Waals surface area contributed by atoms with Gasteiger partial charge in [0.25, 0.3) is 11.8 Å². The molecule has 2 atom stereocenters. The number of piperidine rings is 1.